The third-order valence-electron chi connectivity index (χ3n) is 6.07. The Hall–Kier alpha value is -1.83. The SMILES string of the molecule is COCCCOc1cc(CC(CC(N)C(O)CN2CCCC2=O)C(C)C)ccc1OC. The highest BCUT2D eigenvalue weighted by Gasteiger charge is 2.28. The molecule has 2 rings (SSSR count). The minimum absolute atomic E-state index is 0.114. The van der Waals surface area contributed by atoms with Crippen LogP contribution in [0.5, 0.6) is 11.5 Å². The molecule has 0 saturated carbocycles. The van der Waals surface area contributed by atoms with Gasteiger partial charge < -0.3 is 30.0 Å². The van der Waals surface area contributed by atoms with Gasteiger partial charge in [-0.15, -0.1) is 0 Å². The van der Waals surface area contributed by atoms with E-state index in [4.69, 9.17) is 19.9 Å². The fraction of sp³-hybridized carbons (Fsp3) is 0.708. The van der Waals surface area contributed by atoms with Crippen molar-refractivity contribution in [1.29, 1.82) is 0 Å². The van der Waals surface area contributed by atoms with Crippen molar-refractivity contribution < 1.29 is 24.1 Å². The van der Waals surface area contributed by atoms with E-state index in [-0.39, 0.29) is 11.9 Å². The van der Waals surface area contributed by atoms with Crippen LogP contribution in [0.2, 0.25) is 0 Å². The van der Waals surface area contributed by atoms with Crippen LogP contribution in [0.25, 0.3) is 0 Å². The third-order valence-corrected chi connectivity index (χ3v) is 6.07. The Morgan fingerprint density at radius 3 is 2.58 bits per heavy atom. The number of rotatable bonds is 14. The third kappa shape index (κ3) is 7.98. The molecule has 3 unspecified atom stereocenters. The topological polar surface area (TPSA) is 94.3 Å². The Kier molecular flexibility index (Phi) is 10.6. The van der Waals surface area contributed by atoms with E-state index in [1.807, 2.05) is 12.1 Å². The molecule has 1 aromatic carbocycles. The summed E-state index contributed by atoms with van der Waals surface area (Å²) < 4.78 is 16.4. The van der Waals surface area contributed by atoms with Gasteiger partial charge in [0.05, 0.1) is 19.8 Å². The molecule has 31 heavy (non-hydrogen) atoms. The molecule has 3 atom stereocenters. The lowest BCUT2D eigenvalue weighted by atomic mass is 9.83. The highest BCUT2D eigenvalue weighted by molar-refractivity contribution is 5.78. The smallest absolute Gasteiger partial charge is 0.222 e. The van der Waals surface area contributed by atoms with E-state index in [9.17, 15) is 9.90 Å². The van der Waals surface area contributed by atoms with Gasteiger partial charge in [-0.1, -0.05) is 19.9 Å². The number of β-amino-alcohol motifs (C(OH)–C–C–N with tert-alkyl or cyclic N) is 1. The second-order valence-electron chi connectivity index (χ2n) is 8.80. The molecule has 0 bridgehead atoms. The summed E-state index contributed by atoms with van der Waals surface area (Å²) in [4.78, 5) is 13.6. The molecule has 0 radical (unpaired) electrons. The van der Waals surface area contributed by atoms with Crippen LogP contribution in [-0.4, -0.2) is 68.6 Å². The summed E-state index contributed by atoms with van der Waals surface area (Å²) in [6.07, 6.45) is 3.06. The minimum Gasteiger partial charge on any atom is -0.493 e. The van der Waals surface area contributed by atoms with Gasteiger partial charge in [0.25, 0.3) is 0 Å². The number of carbonyl (C=O) groups is 1. The molecule has 1 saturated heterocycles. The molecule has 3 N–H and O–H groups in total. The summed E-state index contributed by atoms with van der Waals surface area (Å²) in [5.74, 6) is 2.26. The minimum atomic E-state index is -0.709. The summed E-state index contributed by atoms with van der Waals surface area (Å²) >= 11 is 0. The summed E-state index contributed by atoms with van der Waals surface area (Å²) in [5, 5.41) is 10.6. The summed E-state index contributed by atoms with van der Waals surface area (Å²) in [6, 6.07) is 5.66. The number of nitrogens with two attached hydrogens (primary N) is 1. The summed E-state index contributed by atoms with van der Waals surface area (Å²) in [6.45, 7) is 6.62. The van der Waals surface area contributed by atoms with Crippen molar-refractivity contribution in [2.75, 3.05) is 40.5 Å². The number of aliphatic hydroxyl groups is 1. The number of ether oxygens (including phenoxy) is 3. The summed E-state index contributed by atoms with van der Waals surface area (Å²) in [5.41, 5.74) is 7.51. The van der Waals surface area contributed by atoms with Crippen LogP contribution in [0.15, 0.2) is 18.2 Å². The van der Waals surface area contributed by atoms with E-state index in [2.05, 4.69) is 19.9 Å². The molecule has 0 spiro atoms. The first-order valence-electron chi connectivity index (χ1n) is 11.4. The van der Waals surface area contributed by atoms with Crippen molar-refractivity contribution in [3.63, 3.8) is 0 Å². The average molecular weight is 437 g/mol. The molecule has 176 valence electrons. The van der Waals surface area contributed by atoms with Crippen LogP contribution < -0.4 is 15.2 Å². The van der Waals surface area contributed by atoms with Crippen molar-refractivity contribution in [3.8, 4) is 11.5 Å². The maximum Gasteiger partial charge on any atom is 0.222 e. The molecule has 1 aliphatic heterocycles. The van der Waals surface area contributed by atoms with Gasteiger partial charge in [0.15, 0.2) is 11.5 Å². The van der Waals surface area contributed by atoms with Crippen molar-refractivity contribution in [1.82, 2.24) is 4.90 Å². The maximum absolute atomic E-state index is 11.8. The Morgan fingerprint density at radius 1 is 1.19 bits per heavy atom. The number of benzene rings is 1. The monoisotopic (exact) mass is 436 g/mol. The lowest BCUT2D eigenvalue weighted by Crippen LogP contribution is -2.45. The van der Waals surface area contributed by atoms with Gasteiger partial charge in [-0.25, -0.2) is 0 Å². The molecule has 7 nitrogen and oxygen atoms in total. The standard InChI is InChI=1S/C24H40N2O5/c1-17(2)19(15-20(25)21(27)16-26-10-5-7-24(26)28)13-18-8-9-22(30-4)23(14-18)31-12-6-11-29-3/h8-9,14,17,19-21,27H,5-7,10-13,15-16,25H2,1-4H3. The second kappa shape index (κ2) is 12.9. The molecular formula is C24H40N2O5. The van der Waals surface area contributed by atoms with Crippen LogP contribution in [0.4, 0.5) is 0 Å². The average Bonchev–Trinajstić information content (AvgIpc) is 3.15. The Labute approximate surface area is 186 Å². The molecule has 1 heterocycles. The van der Waals surface area contributed by atoms with Gasteiger partial charge in [0.1, 0.15) is 0 Å². The maximum atomic E-state index is 11.8. The van der Waals surface area contributed by atoms with Gasteiger partial charge in [-0.3, -0.25) is 4.79 Å². The lowest BCUT2D eigenvalue weighted by molar-refractivity contribution is -0.129. The van der Waals surface area contributed by atoms with Crippen LogP contribution in [0.3, 0.4) is 0 Å². The van der Waals surface area contributed by atoms with Gasteiger partial charge >= 0.3 is 0 Å². The number of hydrogen-bond donors (Lipinski definition) is 2. The Balaban J connectivity index is 1.98. The van der Waals surface area contributed by atoms with Gasteiger partial charge in [0.2, 0.25) is 5.91 Å². The predicted molar refractivity (Wildman–Crippen MR) is 121 cm³/mol. The number of methoxy groups -OCH3 is 2. The molecule has 1 amide bonds. The van der Waals surface area contributed by atoms with Crippen LogP contribution >= 0.6 is 0 Å². The van der Waals surface area contributed by atoms with Gasteiger partial charge in [-0.05, 0) is 48.8 Å². The van der Waals surface area contributed by atoms with Gasteiger partial charge in [-0.2, -0.15) is 0 Å². The van der Waals surface area contributed by atoms with E-state index in [0.29, 0.717) is 50.2 Å². The fourth-order valence-electron chi connectivity index (χ4n) is 4.01. The number of aliphatic hydroxyl groups excluding tert-OH is 1. The normalized spacial score (nSPS) is 17.1. The molecule has 0 aliphatic carbocycles. The molecular weight excluding hydrogens is 396 g/mol. The van der Waals surface area contributed by atoms with Crippen molar-refractivity contribution >= 4 is 5.91 Å². The van der Waals surface area contributed by atoms with Crippen molar-refractivity contribution in [2.45, 2.75) is 58.1 Å². The van der Waals surface area contributed by atoms with E-state index in [1.54, 1.807) is 19.1 Å². The number of likely N-dealkylation sites (tertiary alicyclic amines) is 1. The molecule has 1 aromatic rings. The first kappa shape index (κ1) is 25.4. The van der Waals surface area contributed by atoms with E-state index in [1.165, 1.54) is 0 Å². The molecule has 1 fully saturated rings. The zero-order valence-electron chi connectivity index (χ0n) is 19.5. The zero-order chi connectivity index (χ0) is 22.8. The Bertz CT molecular complexity index is 682. The first-order chi connectivity index (χ1) is 14.8. The predicted octanol–water partition coefficient (Wildman–Crippen LogP) is 2.63. The quantitative estimate of drug-likeness (QED) is 0.436. The number of nitrogens with zero attached hydrogens (tertiary/aromatic N) is 1. The van der Waals surface area contributed by atoms with Crippen LogP contribution in [0, 0.1) is 11.8 Å². The first-order valence-corrected chi connectivity index (χ1v) is 11.4. The highest BCUT2D eigenvalue weighted by atomic mass is 16.5. The molecule has 1 aliphatic rings. The number of hydrogen-bond acceptors (Lipinski definition) is 6. The van der Waals surface area contributed by atoms with E-state index >= 15 is 0 Å². The fourth-order valence-corrected chi connectivity index (χ4v) is 4.01. The van der Waals surface area contributed by atoms with Crippen molar-refractivity contribution in [2.24, 2.45) is 17.6 Å². The van der Waals surface area contributed by atoms with E-state index in [0.717, 1.165) is 37.1 Å². The molecule has 0 aromatic heterocycles. The van der Waals surface area contributed by atoms with Crippen LogP contribution in [-0.2, 0) is 16.0 Å². The highest BCUT2D eigenvalue weighted by Crippen LogP contribution is 2.31. The number of carbonyl (C=O) groups excluding carboxylic acids is 1. The van der Waals surface area contributed by atoms with Crippen LogP contribution in [0.1, 0.15) is 45.1 Å². The Morgan fingerprint density at radius 2 is 1.97 bits per heavy atom. The number of amides is 1. The second-order valence-corrected chi connectivity index (χ2v) is 8.80. The van der Waals surface area contributed by atoms with E-state index < -0.39 is 6.10 Å². The van der Waals surface area contributed by atoms with Gasteiger partial charge in [0, 0.05) is 45.7 Å². The zero-order valence-corrected chi connectivity index (χ0v) is 19.5. The summed E-state index contributed by atoms with van der Waals surface area (Å²) in [7, 11) is 3.32. The largest absolute Gasteiger partial charge is 0.493 e. The lowest BCUT2D eigenvalue weighted by Gasteiger charge is -2.29. The molecule has 7 heteroatoms. The van der Waals surface area contributed by atoms with Crippen molar-refractivity contribution in [3.05, 3.63) is 23.8 Å².